The molecule has 2 heterocycles. The summed E-state index contributed by atoms with van der Waals surface area (Å²) in [5.41, 5.74) is 3.67. The Kier molecular flexibility index (Phi) is 5.51. The number of nitrogens with zero attached hydrogens (tertiary/aromatic N) is 4. The van der Waals surface area contributed by atoms with E-state index in [4.69, 9.17) is 0 Å². The van der Waals surface area contributed by atoms with Crippen LogP contribution in [-0.2, 0) is 0 Å². The highest BCUT2D eigenvalue weighted by atomic mass is 16.2. The Hall–Kier alpha value is -2.89. The van der Waals surface area contributed by atoms with Gasteiger partial charge >= 0.3 is 0 Å². The topological polar surface area (TPSA) is 61.4 Å². The Morgan fingerprint density at radius 3 is 2.65 bits per heavy atom. The molecule has 0 atom stereocenters. The average molecular weight is 351 g/mol. The number of benzene rings is 1. The van der Waals surface area contributed by atoms with E-state index in [0.29, 0.717) is 31.3 Å². The summed E-state index contributed by atoms with van der Waals surface area (Å²) >= 11 is 0. The summed E-state index contributed by atoms with van der Waals surface area (Å²) in [5, 5.41) is 3.05. The molecule has 1 aromatic heterocycles. The molecule has 136 valence electrons. The van der Waals surface area contributed by atoms with Crippen molar-refractivity contribution in [3.05, 3.63) is 59.9 Å². The lowest BCUT2D eigenvalue weighted by molar-refractivity contribution is 0.0740. The minimum Gasteiger partial charge on any atom is -0.368 e. The Morgan fingerprint density at radius 2 is 1.96 bits per heavy atom. The SMILES string of the molecule is C=CCNc1nc(C)cc(C(=O)N2CCN(c3cccc(C)c3)CC2)n1. The van der Waals surface area contributed by atoms with Gasteiger partial charge in [0.2, 0.25) is 5.95 Å². The summed E-state index contributed by atoms with van der Waals surface area (Å²) in [7, 11) is 0. The molecule has 0 unspecified atom stereocenters. The number of carbonyl (C=O) groups is 1. The fourth-order valence-electron chi connectivity index (χ4n) is 3.08. The van der Waals surface area contributed by atoms with Crippen molar-refractivity contribution in [1.82, 2.24) is 14.9 Å². The molecule has 1 aliphatic rings. The lowest BCUT2D eigenvalue weighted by Crippen LogP contribution is -2.49. The van der Waals surface area contributed by atoms with Crippen LogP contribution in [0.15, 0.2) is 43.0 Å². The molecule has 0 bridgehead atoms. The van der Waals surface area contributed by atoms with Gasteiger partial charge < -0.3 is 15.1 Å². The molecule has 1 amide bonds. The van der Waals surface area contributed by atoms with E-state index in [2.05, 4.69) is 58.0 Å². The maximum atomic E-state index is 12.8. The van der Waals surface area contributed by atoms with Gasteiger partial charge in [-0.2, -0.15) is 0 Å². The van der Waals surface area contributed by atoms with Crippen molar-refractivity contribution < 1.29 is 4.79 Å². The van der Waals surface area contributed by atoms with Crippen molar-refractivity contribution in [3.8, 4) is 0 Å². The van der Waals surface area contributed by atoms with E-state index in [9.17, 15) is 4.79 Å². The zero-order chi connectivity index (χ0) is 18.5. The second-order valence-corrected chi connectivity index (χ2v) is 6.51. The van der Waals surface area contributed by atoms with Crippen LogP contribution in [-0.4, -0.2) is 53.5 Å². The molecule has 3 rings (SSSR count). The number of rotatable bonds is 5. The molecule has 1 fully saturated rings. The van der Waals surface area contributed by atoms with Crippen molar-refractivity contribution in [2.75, 3.05) is 42.9 Å². The van der Waals surface area contributed by atoms with Crippen LogP contribution in [0.25, 0.3) is 0 Å². The predicted molar refractivity (Wildman–Crippen MR) is 105 cm³/mol. The van der Waals surface area contributed by atoms with Crippen molar-refractivity contribution in [3.63, 3.8) is 0 Å². The van der Waals surface area contributed by atoms with Crippen LogP contribution in [0.5, 0.6) is 0 Å². The van der Waals surface area contributed by atoms with Gasteiger partial charge in [0.05, 0.1) is 0 Å². The summed E-state index contributed by atoms with van der Waals surface area (Å²) < 4.78 is 0. The van der Waals surface area contributed by atoms with E-state index < -0.39 is 0 Å². The van der Waals surface area contributed by atoms with Crippen molar-refractivity contribution in [1.29, 1.82) is 0 Å². The molecule has 1 N–H and O–H groups in total. The molecule has 1 aromatic carbocycles. The van der Waals surface area contributed by atoms with Crippen LogP contribution in [0.3, 0.4) is 0 Å². The molecule has 0 radical (unpaired) electrons. The number of aryl methyl sites for hydroxylation is 2. The fourth-order valence-corrected chi connectivity index (χ4v) is 3.08. The minimum absolute atomic E-state index is 0.0407. The van der Waals surface area contributed by atoms with Gasteiger partial charge in [-0.25, -0.2) is 9.97 Å². The minimum atomic E-state index is -0.0407. The summed E-state index contributed by atoms with van der Waals surface area (Å²) in [6.07, 6.45) is 1.73. The second-order valence-electron chi connectivity index (χ2n) is 6.51. The number of amides is 1. The van der Waals surface area contributed by atoms with E-state index in [-0.39, 0.29) is 5.91 Å². The number of anilines is 2. The van der Waals surface area contributed by atoms with Gasteiger partial charge in [-0.15, -0.1) is 6.58 Å². The van der Waals surface area contributed by atoms with Crippen LogP contribution >= 0.6 is 0 Å². The molecule has 6 heteroatoms. The van der Waals surface area contributed by atoms with Gasteiger partial charge in [0.1, 0.15) is 5.69 Å². The van der Waals surface area contributed by atoms with Crippen LogP contribution in [0.2, 0.25) is 0 Å². The average Bonchev–Trinajstić information content (AvgIpc) is 2.65. The normalized spacial score (nSPS) is 14.2. The van der Waals surface area contributed by atoms with Gasteiger partial charge in [-0.1, -0.05) is 18.2 Å². The summed E-state index contributed by atoms with van der Waals surface area (Å²) in [5.74, 6) is 0.424. The quantitative estimate of drug-likeness (QED) is 0.839. The summed E-state index contributed by atoms with van der Waals surface area (Å²) in [4.78, 5) is 25.7. The number of carbonyl (C=O) groups excluding carboxylic acids is 1. The fraction of sp³-hybridized carbons (Fsp3) is 0.350. The number of hydrogen-bond donors (Lipinski definition) is 1. The first-order valence-electron chi connectivity index (χ1n) is 8.88. The largest absolute Gasteiger partial charge is 0.368 e. The Morgan fingerprint density at radius 1 is 1.19 bits per heavy atom. The summed E-state index contributed by atoms with van der Waals surface area (Å²) in [6, 6.07) is 10.2. The van der Waals surface area contributed by atoms with Crippen LogP contribution in [0.1, 0.15) is 21.7 Å². The smallest absolute Gasteiger partial charge is 0.272 e. The molecule has 26 heavy (non-hydrogen) atoms. The van der Waals surface area contributed by atoms with Crippen LogP contribution in [0, 0.1) is 13.8 Å². The third-order valence-electron chi connectivity index (χ3n) is 4.41. The highest BCUT2D eigenvalue weighted by molar-refractivity contribution is 5.92. The summed E-state index contributed by atoms with van der Waals surface area (Å²) in [6.45, 7) is 11.2. The van der Waals surface area contributed by atoms with E-state index in [1.165, 1.54) is 11.3 Å². The zero-order valence-corrected chi connectivity index (χ0v) is 15.4. The molecule has 1 saturated heterocycles. The highest BCUT2D eigenvalue weighted by Gasteiger charge is 2.24. The molecule has 2 aromatic rings. The van der Waals surface area contributed by atoms with Crippen LogP contribution in [0.4, 0.5) is 11.6 Å². The maximum absolute atomic E-state index is 12.8. The van der Waals surface area contributed by atoms with Gasteiger partial charge in [-0.3, -0.25) is 4.79 Å². The van der Waals surface area contributed by atoms with E-state index in [1.807, 2.05) is 11.8 Å². The van der Waals surface area contributed by atoms with Crippen molar-refractivity contribution >= 4 is 17.5 Å². The Labute approximate surface area is 154 Å². The van der Waals surface area contributed by atoms with E-state index >= 15 is 0 Å². The third kappa shape index (κ3) is 4.20. The Bertz CT molecular complexity index is 797. The second kappa shape index (κ2) is 7.99. The number of nitrogens with one attached hydrogen (secondary N) is 1. The molecule has 1 aliphatic heterocycles. The number of piperazine rings is 1. The number of hydrogen-bond acceptors (Lipinski definition) is 5. The standard InChI is InChI=1S/C20H25N5O/c1-4-8-21-20-22-16(3)14-18(23-20)19(26)25-11-9-24(10-12-25)17-7-5-6-15(2)13-17/h4-7,13-14H,1,8-12H2,2-3H3,(H,21,22,23). The van der Waals surface area contributed by atoms with Gasteiger partial charge in [-0.05, 0) is 37.6 Å². The first-order chi connectivity index (χ1) is 12.6. The van der Waals surface area contributed by atoms with E-state index in [1.54, 1.807) is 12.1 Å². The monoisotopic (exact) mass is 351 g/mol. The van der Waals surface area contributed by atoms with Crippen molar-refractivity contribution in [2.24, 2.45) is 0 Å². The lowest BCUT2D eigenvalue weighted by Gasteiger charge is -2.36. The molecule has 6 nitrogen and oxygen atoms in total. The Balaban J connectivity index is 1.66. The first-order valence-corrected chi connectivity index (χ1v) is 8.88. The molecular formula is C20H25N5O. The van der Waals surface area contributed by atoms with Gasteiger partial charge in [0, 0.05) is 44.1 Å². The first kappa shape index (κ1) is 17.9. The zero-order valence-electron chi connectivity index (χ0n) is 15.4. The highest BCUT2D eigenvalue weighted by Crippen LogP contribution is 2.18. The third-order valence-corrected chi connectivity index (χ3v) is 4.41. The van der Waals surface area contributed by atoms with Gasteiger partial charge in [0.15, 0.2) is 0 Å². The molecule has 0 spiro atoms. The maximum Gasteiger partial charge on any atom is 0.272 e. The van der Waals surface area contributed by atoms with E-state index in [0.717, 1.165) is 18.8 Å². The predicted octanol–water partition coefficient (Wildman–Crippen LogP) is 2.65. The van der Waals surface area contributed by atoms with Gasteiger partial charge in [0.25, 0.3) is 5.91 Å². The van der Waals surface area contributed by atoms with Crippen LogP contribution < -0.4 is 10.2 Å². The lowest BCUT2D eigenvalue weighted by atomic mass is 10.2. The number of aromatic nitrogens is 2. The molecule has 0 saturated carbocycles. The molecule has 0 aliphatic carbocycles. The van der Waals surface area contributed by atoms with Crippen molar-refractivity contribution in [2.45, 2.75) is 13.8 Å². The molecular weight excluding hydrogens is 326 g/mol.